The SMILES string of the molecule is CC[C@]1(C)OC2(OCC(C3OC(=O)C(O)=C3O)O2)C(OC(C)C)=C1c1ccc(S(C)(=O)=O)cc1. The molecule has 0 amide bonds. The molecule has 3 unspecified atom stereocenters. The average molecular weight is 497 g/mol. The van der Waals surface area contributed by atoms with E-state index in [1.165, 1.54) is 12.1 Å². The van der Waals surface area contributed by atoms with E-state index < -0.39 is 51.1 Å². The number of rotatable bonds is 6. The van der Waals surface area contributed by atoms with Crippen LogP contribution < -0.4 is 0 Å². The maximum Gasteiger partial charge on any atom is 0.377 e. The highest BCUT2D eigenvalue weighted by atomic mass is 32.2. The molecule has 0 radical (unpaired) electrons. The minimum absolute atomic E-state index is 0.125. The monoisotopic (exact) mass is 496 g/mol. The summed E-state index contributed by atoms with van der Waals surface area (Å²) in [6.07, 6.45) is -0.914. The molecule has 11 heteroatoms. The molecule has 1 aromatic carbocycles. The van der Waals surface area contributed by atoms with E-state index in [0.29, 0.717) is 17.6 Å². The second-order valence-electron chi connectivity index (χ2n) is 8.94. The van der Waals surface area contributed by atoms with Crippen LogP contribution in [0.15, 0.2) is 46.4 Å². The zero-order chi connectivity index (χ0) is 25.1. The van der Waals surface area contributed by atoms with Crippen LogP contribution in [0.4, 0.5) is 0 Å². The minimum atomic E-state index is -3.38. The molecule has 0 bridgehead atoms. The summed E-state index contributed by atoms with van der Waals surface area (Å²) in [5.41, 5.74) is 0.334. The van der Waals surface area contributed by atoms with Gasteiger partial charge in [-0.2, -0.15) is 0 Å². The van der Waals surface area contributed by atoms with E-state index in [0.717, 1.165) is 6.26 Å². The predicted molar refractivity (Wildman–Crippen MR) is 118 cm³/mol. The number of hydrogen-bond donors (Lipinski definition) is 2. The van der Waals surface area contributed by atoms with Gasteiger partial charge in [0, 0.05) is 11.8 Å². The first kappa shape index (κ1) is 24.5. The van der Waals surface area contributed by atoms with Crippen molar-refractivity contribution in [1.82, 2.24) is 0 Å². The van der Waals surface area contributed by atoms with E-state index in [2.05, 4.69) is 0 Å². The molecule has 10 nitrogen and oxygen atoms in total. The second kappa shape index (κ2) is 8.26. The first-order chi connectivity index (χ1) is 15.8. The number of aliphatic hydroxyl groups is 2. The van der Waals surface area contributed by atoms with Crippen LogP contribution >= 0.6 is 0 Å². The molecule has 0 aliphatic carbocycles. The van der Waals surface area contributed by atoms with Crippen LogP contribution in [0.2, 0.25) is 0 Å². The van der Waals surface area contributed by atoms with Crippen molar-refractivity contribution in [3.8, 4) is 0 Å². The molecule has 0 saturated carbocycles. The summed E-state index contributed by atoms with van der Waals surface area (Å²) in [4.78, 5) is 11.8. The van der Waals surface area contributed by atoms with Crippen LogP contribution in [0.3, 0.4) is 0 Å². The van der Waals surface area contributed by atoms with E-state index in [1.54, 1.807) is 12.1 Å². The highest BCUT2D eigenvalue weighted by Gasteiger charge is 2.62. The molecule has 186 valence electrons. The molecule has 2 N–H and O–H groups in total. The van der Waals surface area contributed by atoms with E-state index in [1.807, 2.05) is 27.7 Å². The van der Waals surface area contributed by atoms with Gasteiger partial charge in [0.1, 0.15) is 11.7 Å². The number of hydrogen-bond acceptors (Lipinski definition) is 10. The largest absolute Gasteiger partial charge is 0.505 e. The van der Waals surface area contributed by atoms with Gasteiger partial charge in [-0.1, -0.05) is 19.1 Å². The fraction of sp³-hybridized carbons (Fsp3) is 0.522. The van der Waals surface area contributed by atoms with Crippen LogP contribution in [-0.2, 0) is 38.3 Å². The lowest BCUT2D eigenvalue weighted by Crippen LogP contribution is -2.41. The average Bonchev–Trinajstić information content (AvgIpc) is 3.37. The normalized spacial score (nSPS) is 31.8. The van der Waals surface area contributed by atoms with E-state index in [9.17, 15) is 23.4 Å². The Bertz CT molecular complexity index is 1170. The zero-order valence-corrected chi connectivity index (χ0v) is 20.3. The lowest BCUT2D eigenvalue weighted by molar-refractivity contribution is -0.344. The zero-order valence-electron chi connectivity index (χ0n) is 19.5. The molecule has 1 fully saturated rings. The number of cyclic esters (lactones) is 1. The Kier molecular flexibility index (Phi) is 5.96. The molecule has 3 heterocycles. The molecule has 4 atom stereocenters. The van der Waals surface area contributed by atoms with Crippen LogP contribution in [0.25, 0.3) is 5.57 Å². The van der Waals surface area contributed by atoms with E-state index in [4.69, 9.17) is 23.7 Å². The quantitative estimate of drug-likeness (QED) is 0.565. The minimum Gasteiger partial charge on any atom is -0.505 e. The number of sulfone groups is 1. The van der Waals surface area contributed by atoms with Crippen molar-refractivity contribution in [1.29, 1.82) is 0 Å². The first-order valence-electron chi connectivity index (χ1n) is 10.9. The Morgan fingerprint density at radius 3 is 2.35 bits per heavy atom. The number of ether oxygens (including phenoxy) is 5. The molecule has 1 saturated heterocycles. The Labute approximate surface area is 197 Å². The van der Waals surface area contributed by atoms with Crippen LogP contribution in [0, 0.1) is 0 Å². The van der Waals surface area contributed by atoms with Gasteiger partial charge < -0.3 is 33.9 Å². The molecule has 3 aliphatic heterocycles. The Balaban J connectivity index is 1.79. The molecule has 3 aliphatic rings. The van der Waals surface area contributed by atoms with Crippen molar-refractivity contribution in [3.05, 3.63) is 47.1 Å². The number of aliphatic hydroxyl groups excluding tert-OH is 2. The highest BCUT2D eigenvalue weighted by Crippen LogP contribution is 2.53. The van der Waals surface area contributed by atoms with Crippen molar-refractivity contribution < 1.29 is 47.1 Å². The molecule has 1 spiro atoms. The van der Waals surface area contributed by atoms with Gasteiger partial charge in [0.05, 0.1) is 17.6 Å². The van der Waals surface area contributed by atoms with Gasteiger partial charge in [0.15, 0.2) is 27.5 Å². The van der Waals surface area contributed by atoms with E-state index >= 15 is 0 Å². The molecular formula is C23H28O10S. The topological polar surface area (TPSA) is 138 Å². The fourth-order valence-corrected chi connectivity index (χ4v) is 4.84. The second-order valence-corrected chi connectivity index (χ2v) is 11.0. The van der Waals surface area contributed by atoms with Crippen molar-refractivity contribution in [2.75, 3.05) is 12.9 Å². The fourth-order valence-electron chi connectivity index (χ4n) is 4.21. The summed E-state index contributed by atoms with van der Waals surface area (Å²) in [7, 11) is -3.38. The third-order valence-corrected chi connectivity index (χ3v) is 7.14. The van der Waals surface area contributed by atoms with Gasteiger partial charge in [0.25, 0.3) is 0 Å². The Hall–Kier alpha value is -2.60. The molecular weight excluding hydrogens is 468 g/mol. The maximum atomic E-state index is 11.9. The summed E-state index contributed by atoms with van der Waals surface area (Å²) in [5.74, 6) is -4.12. The van der Waals surface area contributed by atoms with Crippen molar-refractivity contribution in [2.45, 2.75) is 68.9 Å². The standard InChI is InChI=1S/C23H28O10S/c1-6-22(4)16(13-7-9-14(10-8-13)34(5,27)28)20(30-12(2)3)23(33-22)29-11-15(32-23)19-17(24)18(25)21(26)31-19/h7-10,12,15,19,24-25H,6,11H2,1-5H3/t15?,19?,22-,23?/m0/s1. The molecule has 0 aromatic heterocycles. The first-order valence-corrected chi connectivity index (χ1v) is 12.8. The van der Waals surface area contributed by atoms with Crippen molar-refractivity contribution >= 4 is 21.4 Å². The van der Waals surface area contributed by atoms with Gasteiger partial charge in [-0.05, 0) is 44.9 Å². The number of benzene rings is 1. The summed E-state index contributed by atoms with van der Waals surface area (Å²) in [5, 5.41) is 19.8. The van der Waals surface area contributed by atoms with Crippen LogP contribution in [0.1, 0.15) is 39.7 Å². The summed E-state index contributed by atoms with van der Waals surface area (Å²) < 4.78 is 53.4. The summed E-state index contributed by atoms with van der Waals surface area (Å²) >= 11 is 0. The number of esters is 1. The lowest BCUT2D eigenvalue weighted by atomic mass is 9.88. The van der Waals surface area contributed by atoms with Gasteiger partial charge in [0.2, 0.25) is 5.76 Å². The van der Waals surface area contributed by atoms with Gasteiger partial charge in [-0.25, -0.2) is 13.2 Å². The Morgan fingerprint density at radius 2 is 1.85 bits per heavy atom. The lowest BCUT2D eigenvalue weighted by Gasteiger charge is -2.30. The Morgan fingerprint density at radius 1 is 1.21 bits per heavy atom. The maximum absolute atomic E-state index is 11.9. The van der Waals surface area contributed by atoms with Crippen LogP contribution in [-0.4, -0.2) is 67.3 Å². The number of carbonyl (C=O) groups excluding carboxylic acids is 1. The third-order valence-electron chi connectivity index (χ3n) is 6.01. The van der Waals surface area contributed by atoms with Gasteiger partial charge >= 0.3 is 11.9 Å². The smallest absolute Gasteiger partial charge is 0.377 e. The van der Waals surface area contributed by atoms with Crippen LogP contribution in [0.5, 0.6) is 0 Å². The summed E-state index contributed by atoms with van der Waals surface area (Å²) in [6.45, 7) is 7.27. The third kappa shape index (κ3) is 3.96. The van der Waals surface area contributed by atoms with E-state index in [-0.39, 0.29) is 23.4 Å². The highest BCUT2D eigenvalue weighted by molar-refractivity contribution is 7.90. The molecule has 4 rings (SSSR count). The predicted octanol–water partition coefficient (Wildman–Crippen LogP) is 2.75. The summed E-state index contributed by atoms with van der Waals surface area (Å²) in [6, 6.07) is 6.36. The molecule has 34 heavy (non-hydrogen) atoms. The number of carbonyl (C=O) groups is 1. The van der Waals surface area contributed by atoms with Gasteiger partial charge in [-0.15, -0.1) is 0 Å². The van der Waals surface area contributed by atoms with Crippen molar-refractivity contribution in [3.63, 3.8) is 0 Å². The van der Waals surface area contributed by atoms with Crippen molar-refractivity contribution in [2.24, 2.45) is 0 Å². The van der Waals surface area contributed by atoms with Gasteiger partial charge in [-0.3, -0.25) is 0 Å². The molecule has 1 aromatic rings.